The first-order valence-corrected chi connectivity index (χ1v) is 9.89. The first kappa shape index (κ1) is 15.1. The predicted molar refractivity (Wildman–Crippen MR) is 79.5 cm³/mol. The van der Waals surface area contributed by atoms with Gasteiger partial charge in [-0.1, -0.05) is 20.8 Å². The van der Waals surface area contributed by atoms with Crippen molar-refractivity contribution in [2.75, 3.05) is 6.61 Å². The Morgan fingerprint density at radius 3 is 2.12 bits per heavy atom. The molecule has 0 aromatic rings. The van der Waals surface area contributed by atoms with Gasteiger partial charge in [0.05, 0.1) is 12.7 Å². The number of hydrogen-bond donors (Lipinski definition) is 0. The van der Waals surface area contributed by atoms with E-state index in [-0.39, 0.29) is 17.8 Å². The van der Waals surface area contributed by atoms with Gasteiger partial charge in [0.15, 0.2) is 8.32 Å². The average molecular weight is 279 g/mol. The summed E-state index contributed by atoms with van der Waals surface area (Å²) in [6.45, 7) is 16.4. The SMILES string of the molecule is [2H]C(CO[Si](C)(C)C(C)(C)C)=N[S@](=O)C(C)(C)C. The lowest BCUT2D eigenvalue weighted by Gasteiger charge is -2.35. The van der Waals surface area contributed by atoms with E-state index in [2.05, 4.69) is 38.3 Å². The maximum Gasteiger partial charge on any atom is 0.192 e. The van der Waals surface area contributed by atoms with E-state index in [1.807, 2.05) is 20.8 Å². The van der Waals surface area contributed by atoms with Crippen LogP contribution < -0.4 is 0 Å². The lowest BCUT2D eigenvalue weighted by Crippen LogP contribution is -2.41. The van der Waals surface area contributed by atoms with Crippen molar-refractivity contribution >= 4 is 25.5 Å². The topological polar surface area (TPSA) is 38.7 Å². The van der Waals surface area contributed by atoms with Crippen LogP contribution in [0, 0.1) is 0 Å². The number of rotatable bonds is 4. The van der Waals surface area contributed by atoms with E-state index < -0.39 is 24.1 Å². The molecule has 0 saturated carbocycles. The molecule has 0 radical (unpaired) electrons. The van der Waals surface area contributed by atoms with Gasteiger partial charge in [0, 0.05) is 6.19 Å². The first-order chi connectivity index (χ1) is 7.77. The van der Waals surface area contributed by atoms with E-state index in [1.165, 1.54) is 0 Å². The second-order valence-electron chi connectivity index (χ2n) is 6.66. The van der Waals surface area contributed by atoms with Crippen LogP contribution >= 0.6 is 0 Å². The summed E-state index contributed by atoms with van der Waals surface area (Å²) in [4.78, 5) is 0. The Morgan fingerprint density at radius 2 is 1.76 bits per heavy atom. The van der Waals surface area contributed by atoms with E-state index in [0.29, 0.717) is 0 Å². The van der Waals surface area contributed by atoms with Crippen LogP contribution in [-0.2, 0) is 15.4 Å². The highest BCUT2D eigenvalue weighted by Gasteiger charge is 2.36. The fourth-order valence-electron chi connectivity index (χ4n) is 0.651. The molecule has 0 bridgehead atoms. The lowest BCUT2D eigenvalue weighted by molar-refractivity contribution is 0.343. The van der Waals surface area contributed by atoms with Gasteiger partial charge < -0.3 is 4.43 Å². The maximum absolute atomic E-state index is 11.8. The van der Waals surface area contributed by atoms with Crippen molar-refractivity contribution in [3.63, 3.8) is 0 Å². The van der Waals surface area contributed by atoms with Crippen LogP contribution in [0.3, 0.4) is 0 Å². The molecule has 0 aliphatic carbocycles. The van der Waals surface area contributed by atoms with E-state index in [9.17, 15) is 4.21 Å². The van der Waals surface area contributed by atoms with Crippen LogP contribution in [0.25, 0.3) is 0 Å². The Labute approximate surface area is 111 Å². The van der Waals surface area contributed by atoms with Crippen molar-refractivity contribution in [3.8, 4) is 0 Å². The smallest absolute Gasteiger partial charge is 0.192 e. The van der Waals surface area contributed by atoms with E-state index in [0.717, 1.165) is 0 Å². The van der Waals surface area contributed by atoms with Gasteiger partial charge in [-0.15, -0.1) is 0 Å². The summed E-state index contributed by atoms with van der Waals surface area (Å²) in [7, 11) is -3.25. The molecule has 3 nitrogen and oxygen atoms in total. The number of hydrogen-bond acceptors (Lipinski definition) is 2. The zero-order valence-corrected chi connectivity index (χ0v) is 14.2. The molecular formula is C12H27NO2SSi. The molecule has 0 N–H and O–H groups in total. The summed E-state index contributed by atoms with van der Waals surface area (Å²) in [5.41, 5.74) is 0. The Hall–Kier alpha value is -0.00312. The molecule has 0 aromatic heterocycles. The van der Waals surface area contributed by atoms with E-state index >= 15 is 0 Å². The average Bonchev–Trinajstić information content (AvgIpc) is 2.11. The van der Waals surface area contributed by atoms with Gasteiger partial charge in [-0.05, 0) is 38.9 Å². The quantitative estimate of drug-likeness (QED) is 0.583. The van der Waals surface area contributed by atoms with Crippen LogP contribution in [0.5, 0.6) is 0 Å². The molecule has 1 atom stereocenters. The fourth-order valence-corrected chi connectivity index (χ4v) is 1.95. The van der Waals surface area contributed by atoms with E-state index in [4.69, 9.17) is 5.80 Å². The van der Waals surface area contributed by atoms with Crippen molar-refractivity contribution in [1.82, 2.24) is 0 Å². The van der Waals surface area contributed by atoms with Crippen LogP contribution in [0.2, 0.25) is 18.1 Å². The van der Waals surface area contributed by atoms with Gasteiger partial charge in [-0.3, -0.25) is 0 Å². The Kier molecular flexibility index (Phi) is 5.10. The molecule has 5 heteroatoms. The fraction of sp³-hybridized carbons (Fsp3) is 0.917. The van der Waals surface area contributed by atoms with Crippen LogP contribution in [0.1, 0.15) is 42.9 Å². The minimum absolute atomic E-state index is 0.0630. The summed E-state index contributed by atoms with van der Waals surface area (Å²) >= 11 is 0. The second-order valence-corrected chi connectivity index (χ2v) is 13.4. The van der Waals surface area contributed by atoms with Crippen LogP contribution in [-0.4, -0.2) is 30.1 Å². The monoisotopic (exact) mass is 278 g/mol. The highest BCUT2D eigenvalue weighted by Crippen LogP contribution is 2.36. The van der Waals surface area contributed by atoms with E-state index in [1.54, 1.807) is 0 Å². The Morgan fingerprint density at radius 1 is 1.29 bits per heavy atom. The minimum atomic E-state index is -1.86. The Bertz CT molecular complexity index is 343. The third-order valence-corrected chi connectivity index (χ3v) is 8.80. The normalized spacial score (nSPS) is 17.9. The molecule has 0 saturated heterocycles. The molecule has 0 fully saturated rings. The second kappa shape index (κ2) is 5.76. The number of nitrogens with zero attached hydrogens (tertiary/aromatic N) is 1. The third kappa shape index (κ3) is 5.93. The summed E-state index contributed by atoms with van der Waals surface area (Å²) in [5, 5.41) is 0.108. The predicted octanol–water partition coefficient (Wildman–Crippen LogP) is 3.54. The van der Waals surface area contributed by atoms with Gasteiger partial charge >= 0.3 is 0 Å². The first-order valence-electron chi connectivity index (χ1n) is 6.37. The standard InChI is InChI=1S/C12H27NO2SSi/c1-11(2,3)16(14)13-9-10-15-17(7,8)12(4,5)6/h9H,10H2,1-8H3/t16-/m1/s1/i9D. The lowest BCUT2D eigenvalue weighted by atomic mass is 10.2. The van der Waals surface area contributed by atoms with Crippen LogP contribution in [0.4, 0.5) is 0 Å². The van der Waals surface area contributed by atoms with Gasteiger partial charge in [0.2, 0.25) is 0 Å². The maximum atomic E-state index is 11.8. The Balaban J connectivity index is 4.58. The molecule has 0 aliphatic rings. The summed E-state index contributed by atoms with van der Waals surface area (Å²) < 4.78 is 28.8. The molecule has 0 amide bonds. The van der Waals surface area contributed by atoms with Gasteiger partial charge in [0.1, 0.15) is 11.0 Å². The van der Waals surface area contributed by atoms with Crippen LogP contribution in [0.15, 0.2) is 4.40 Å². The summed E-state index contributed by atoms with van der Waals surface area (Å²) in [6, 6.07) is 0. The molecule has 0 heterocycles. The summed E-state index contributed by atoms with van der Waals surface area (Å²) in [6.07, 6.45) is 0.0630. The molecule has 102 valence electrons. The van der Waals surface area contributed by atoms with Crippen molar-refractivity contribution in [1.29, 1.82) is 0 Å². The zero-order valence-electron chi connectivity index (χ0n) is 13.4. The molecular weight excluding hydrogens is 250 g/mol. The van der Waals surface area contributed by atoms with Gasteiger partial charge in [-0.2, -0.15) is 4.40 Å². The summed E-state index contributed by atoms with van der Waals surface area (Å²) in [5.74, 6) is 0. The largest absolute Gasteiger partial charge is 0.412 e. The molecule has 0 spiro atoms. The highest BCUT2D eigenvalue weighted by atomic mass is 32.2. The molecule has 17 heavy (non-hydrogen) atoms. The van der Waals surface area contributed by atoms with Crippen molar-refractivity contribution in [2.45, 2.75) is 64.4 Å². The third-order valence-electron chi connectivity index (χ3n) is 2.98. The highest BCUT2D eigenvalue weighted by molar-refractivity contribution is 7.85. The molecule has 0 unspecified atom stereocenters. The zero-order chi connectivity index (χ0) is 14.8. The molecule has 0 aliphatic heterocycles. The van der Waals surface area contributed by atoms with Gasteiger partial charge in [-0.25, -0.2) is 4.21 Å². The van der Waals surface area contributed by atoms with Crippen molar-refractivity contribution < 1.29 is 10.0 Å². The van der Waals surface area contributed by atoms with Crippen molar-refractivity contribution in [2.24, 2.45) is 4.40 Å². The van der Waals surface area contributed by atoms with Crippen molar-refractivity contribution in [3.05, 3.63) is 0 Å². The minimum Gasteiger partial charge on any atom is -0.412 e. The van der Waals surface area contributed by atoms with Gasteiger partial charge in [0.25, 0.3) is 0 Å². The molecule has 0 rings (SSSR count). The molecule has 0 aromatic carbocycles.